The van der Waals surface area contributed by atoms with Crippen molar-refractivity contribution in [3.05, 3.63) is 12.3 Å². The average molecular weight is 179 g/mol. The van der Waals surface area contributed by atoms with Crippen molar-refractivity contribution in [2.45, 2.75) is 32.3 Å². The number of hydrogen-bond donors (Lipinski definition) is 1. The van der Waals surface area contributed by atoms with Gasteiger partial charge in [0.1, 0.15) is 6.10 Å². The largest absolute Gasteiger partial charge is 0.497 e. The molecule has 0 saturated carbocycles. The van der Waals surface area contributed by atoms with Gasteiger partial charge in [0, 0.05) is 19.5 Å². The van der Waals surface area contributed by atoms with E-state index in [0.717, 1.165) is 32.4 Å². The van der Waals surface area contributed by atoms with Gasteiger partial charge in [-0.05, 0) is 25.8 Å². The molecule has 0 spiro atoms. The maximum absolute atomic E-state index is 5.41. The molecule has 2 heteroatoms. The number of ether oxygens (including phenoxy) is 1. The lowest BCUT2D eigenvalue weighted by atomic mass is 10.1. The summed E-state index contributed by atoms with van der Waals surface area (Å²) >= 11 is 0. The maximum atomic E-state index is 5.41. The van der Waals surface area contributed by atoms with Gasteiger partial charge in [-0.2, -0.15) is 0 Å². The summed E-state index contributed by atoms with van der Waals surface area (Å²) < 4.78 is 5.41. The molecule has 1 N–H and O–H groups in total. The zero-order valence-electron chi connectivity index (χ0n) is 8.18. The highest BCUT2D eigenvalue weighted by molar-refractivity contribution is 4.95. The van der Waals surface area contributed by atoms with Crippen molar-refractivity contribution < 1.29 is 4.74 Å². The molecule has 1 unspecified atom stereocenters. The molecule has 0 aromatic heterocycles. The van der Waals surface area contributed by atoms with E-state index >= 15 is 0 Å². The molecule has 0 aromatic carbocycles. The molecule has 2 nitrogen and oxygen atoms in total. The molecular formula is C11H17NO. The van der Waals surface area contributed by atoms with E-state index in [4.69, 9.17) is 4.74 Å². The van der Waals surface area contributed by atoms with E-state index in [0.29, 0.717) is 6.10 Å². The Bertz CT molecular complexity index is 212. The van der Waals surface area contributed by atoms with Crippen LogP contribution < -0.4 is 5.32 Å². The molecule has 0 saturated heterocycles. The van der Waals surface area contributed by atoms with Crippen LogP contribution in [0, 0.1) is 11.8 Å². The topological polar surface area (TPSA) is 21.3 Å². The first kappa shape index (κ1) is 10.1. The summed E-state index contributed by atoms with van der Waals surface area (Å²) in [4.78, 5) is 0. The Morgan fingerprint density at radius 3 is 3.23 bits per heavy atom. The summed E-state index contributed by atoms with van der Waals surface area (Å²) in [5.41, 5.74) is 0. The van der Waals surface area contributed by atoms with Crippen molar-refractivity contribution >= 4 is 0 Å². The highest BCUT2D eigenvalue weighted by atomic mass is 16.5. The van der Waals surface area contributed by atoms with Crippen LogP contribution in [-0.4, -0.2) is 19.2 Å². The van der Waals surface area contributed by atoms with Crippen molar-refractivity contribution in [1.29, 1.82) is 0 Å². The molecule has 0 amide bonds. The van der Waals surface area contributed by atoms with Crippen molar-refractivity contribution in [3.63, 3.8) is 0 Å². The fourth-order valence-corrected chi connectivity index (χ4v) is 1.27. The van der Waals surface area contributed by atoms with Gasteiger partial charge < -0.3 is 10.1 Å². The Labute approximate surface area is 80.4 Å². The van der Waals surface area contributed by atoms with Gasteiger partial charge in [0.2, 0.25) is 0 Å². The minimum Gasteiger partial charge on any atom is -0.497 e. The fraction of sp³-hybridized carbons (Fsp3) is 0.636. The van der Waals surface area contributed by atoms with Crippen LogP contribution in [0.2, 0.25) is 0 Å². The molecule has 72 valence electrons. The Morgan fingerprint density at radius 2 is 2.54 bits per heavy atom. The second kappa shape index (κ2) is 6.56. The van der Waals surface area contributed by atoms with Gasteiger partial charge in [-0.3, -0.25) is 0 Å². The van der Waals surface area contributed by atoms with E-state index in [1.165, 1.54) is 0 Å². The third-order valence-electron chi connectivity index (χ3n) is 2.00. The van der Waals surface area contributed by atoms with Crippen LogP contribution in [-0.2, 0) is 4.74 Å². The first-order valence-corrected chi connectivity index (χ1v) is 4.84. The van der Waals surface area contributed by atoms with Crippen LogP contribution in [0.4, 0.5) is 0 Å². The van der Waals surface area contributed by atoms with Crippen LogP contribution >= 0.6 is 0 Å². The van der Waals surface area contributed by atoms with E-state index < -0.39 is 0 Å². The standard InChI is InChI=1S/C11H17NO/c1-2-3-5-8-12-10-11-7-4-6-9-13-11/h6,9,11-12H,4-5,7-8,10H2,1H3. The maximum Gasteiger partial charge on any atom is 0.110 e. The van der Waals surface area contributed by atoms with Gasteiger partial charge in [-0.1, -0.05) is 0 Å². The van der Waals surface area contributed by atoms with Gasteiger partial charge in [-0.25, -0.2) is 0 Å². The molecule has 1 aliphatic rings. The summed E-state index contributed by atoms with van der Waals surface area (Å²) in [6.07, 6.45) is 7.43. The third-order valence-corrected chi connectivity index (χ3v) is 2.00. The summed E-state index contributed by atoms with van der Waals surface area (Å²) in [6, 6.07) is 0. The van der Waals surface area contributed by atoms with E-state index in [-0.39, 0.29) is 0 Å². The van der Waals surface area contributed by atoms with Crippen LogP contribution in [0.15, 0.2) is 12.3 Å². The monoisotopic (exact) mass is 179 g/mol. The van der Waals surface area contributed by atoms with Crippen LogP contribution in [0.1, 0.15) is 26.2 Å². The molecule has 1 atom stereocenters. The molecule has 0 radical (unpaired) electrons. The first-order valence-electron chi connectivity index (χ1n) is 4.84. The third kappa shape index (κ3) is 4.59. The predicted molar refractivity (Wildman–Crippen MR) is 54.2 cm³/mol. The quantitative estimate of drug-likeness (QED) is 0.523. The lowest BCUT2D eigenvalue weighted by Crippen LogP contribution is -2.29. The molecule has 1 heterocycles. The lowest BCUT2D eigenvalue weighted by molar-refractivity contribution is 0.123. The van der Waals surface area contributed by atoms with E-state index in [2.05, 4.69) is 23.2 Å². The molecule has 0 fully saturated rings. The number of rotatable bonds is 4. The van der Waals surface area contributed by atoms with Crippen molar-refractivity contribution in [1.82, 2.24) is 5.32 Å². The van der Waals surface area contributed by atoms with Crippen molar-refractivity contribution in [3.8, 4) is 11.8 Å². The molecule has 0 aromatic rings. The van der Waals surface area contributed by atoms with Crippen LogP contribution in [0.25, 0.3) is 0 Å². The molecule has 1 rings (SSSR count). The average Bonchev–Trinajstić information content (AvgIpc) is 2.19. The summed E-state index contributed by atoms with van der Waals surface area (Å²) in [5.74, 6) is 5.89. The van der Waals surface area contributed by atoms with Crippen molar-refractivity contribution in [2.75, 3.05) is 13.1 Å². The Balaban J connectivity index is 1.98. The summed E-state index contributed by atoms with van der Waals surface area (Å²) in [5, 5.41) is 3.33. The van der Waals surface area contributed by atoms with Gasteiger partial charge in [0.05, 0.1) is 6.26 Å². The zero-order chi connectivity index (χ0) is 9.36. The van der Waals surface area contributed by atoms with Gasteiger partial charge >= 0.3 is 0 Å². The predicted octanol–water partition coefficient (Wildman–Crippen LogP) is 1.68. The Kier molecular flexibility index (Phi) is 5.12. The Morgan fingerprint density at radius 1 is 1.62 bits per heavy atom. The summed E-state index contributed by atoms with van der Waals surface area (Å²) in [7, 11) is 0. The minimum atomic E-state index is 0.361. The van der Waals surface area contributed by atoms with Gasteiger partial charge in [0.15, 0.2) is 0 Å². The minimum absolute atomic E-state index is 0.361. The van der Waals surface area contributed by atoms with Gasteiger partial charge in [-0.15, -0.1) is 11.8 Å². The normalized spacial score (nSPS) is 20.2. The summed E-state index contributed by atoms with van der Waals surface area (Å²) in [6.45, 7) is 3.77. The number of nitrogens with one attached hydrogen (secondary N) is 1. The lowest BCUT2D eigenvalue weighted by Gasteiger charge is -2.19. The second-order valence-electron chi connectivity index (χ2n) is 3.09. The molecule has 13 heavy (non-hydrogen) atoms. The molecule has 1 aliphatic heterocycles. The van der Waals surface area contributed by atoms with E-state index in [1.54, 1.807) is 0 Å². The van der Waals surface area contributed by atoms with E-state index in [1.807, 2.05) is 13.2 Å². The van der Waals surface area contributed by atoms with Gasteiger partial charge in [0.25, 0.3) is 0 Å². The highest BCUT2D eigenvalue weighted by Gasteiger charge is 2.08. The molecule has 0 aliphatic carbocycles. The second-order valence-corrected chi connectivity index (χ2v) is 3.09. The number of allylic oxidation sites excluding steroid dienone is 1. The highest BCUT2D eigenvalue weighted by Crippen LogP contribution is 2.08. The Hall–Kier alpha value is -0.940. The van der Waals surface area contributed by atoms with E-state index in [9.17, 15) is 0 Å². The first-order chi connectivity index (χ1) is 6.43. The number of hydrogen-bond acceptors (Lipinski definition) is 2. The molecular weight excluding hydrogens is 162 g/mol. The SMILES string of the molecule is CC#CCCNCC1CCC=CO1. The fourth-order valence-electron chi connectivity index (χ4n) is 1.27. The van der Waals surface area contributed by atoms with Crippen LogP contribution in [0.5, 0.6) is 0 Å². The smallest absolute Gasteiger partial charge is 0.110 e. The molecule has 0 bridgehead atoms. The zero-order valence-corrected chi connectivity index (χ0v) is 8.18. The van der Waals surface area contributed by atoms with Crippen LogP contribution in [0.3, 0.4) is 0 Å². The van der Waals surface area contributed by atoms with Crippen molar-refractivity contribution in [2.24, 2.45) is 0 Å².